The number of rotatable bonds is 0. The lowest BCUT2D eigenvalue weighted by Gasteiger charge is -1.98. The normalized spacial score (nSPS) is 10.5. The van der Waals surface area contributed by atoms with Crippen molar-refractivity contribution >= 4 is 22.1 Å². The molecule has 0 fully saturated rings. The number of hydrogen-bond acceptors (Lipinski definition) is 0. The van der Waals surface area contributed by atoms with Gasteiger partial charge in [0.25, 0.3) is 0 Å². The van der Waals surface area contributed by atoms with Gasteiger partial charge in [-0.25, -0.2) is 0 Å². The first kappa shape index (κ1) is 7.28. The van der Waals surface area contributed by atoms with Gasteiger partial charge in [-0.3, -0.25) is 0 Å². The average Bonchev–Trinajstić information content (AvgIpc) is 2.04. The van der Waals surface area contributed by atoms with E-state index in [-0.39, 0.29) is 0 Å². The highest BCUT2D eigenvalue weighted by molar-refractivity contribution is 5.97. The molecule has 0 bridgehead atoms. The maximum absolute atomic E-state index is 3.97. The van der Waals surface area contributed by atoms with Gasteiger partial charge in [0.1, 0.15) is 16.8 Å². The van der Waals surface area contributed by atoms with E-state index in [4.69, 9.17) is 0 Å². The lowest BCUT2D eigenvalue weighted by Crippen LogP contribution is -2.44. The van der Waals surface area contributed by atoms with E-state index in [1.54, 1.807) is 0 Å². The summed E-state index contributed by atoms with van der Waals surface area (Å²) in [6.45, 7) is 0. The van der Waals surface area contributed by atoms with E-state index >= 15 is 0 Å². The molecular formula is C10H12N2+2. The summed E-state index contributed by atoms with van der Waals surface area (Å²) < 4.78 is 0. The minimum atomic E-state index is 1.05. The number of fused-ring (bicyclic) bond motifs is 1. The van der Waals surface area contributed by atoms with Gasteiger partial charge in [-0.15, -0.1) is 0 Å². The molecule has 0 saturated carbocycles. The summed E-state index contributed by atoms with van der Waals surface area (Å²) in [5, 5.41) is 2.40. The highest BCUT2D eigenvalue weighted by atomic mass is 14.6. The largest absolute Gasteiger partial charge is 0.324 e. The maximum Gasteiger partial charge on any atom is 0.141 e. The van der Waals surface area contributed by atoms with Crippen molar-refractivity contribution in [3.8, 4) is 0 Å². The first-order valence-corrected chi connectivity index (χ1v) is 3.95. The van der Waals surface area contributed by atoms with Gasteiger partial charge < -0.3 is 11.5 Å². The molecule has 2 aromatic rings. The highest BCUT2D eigenvalue weighted by Gasteiger charge is 2.04. The second-order valence-electron chi connectivity index (χ2n) is 2.93. The number of benzene rings is 2. The van der Waals surface area contributed by atoms with E-state index in [0.29, 0.717) is 0 Å². The summed E-state index contributed by atoms with van der Waals surface area (Å²) in [6, 6.07) is 12.2. The van der Waals surface area contributed by atoms with Crippen LogP contribution in [0, 0.1) is 0 Å². The van der Waals surface area contributed by atoms with Gasteiger partial charge >= 0.3 is 0 Å². The van der Waals surface area contributed by atoms with E-state index < -0.39 is 0 Å². The van der Waals surface area contributed by atoms with Crippen molar-refractivity contribution in [1.82, 2.24) is 0 Å². The van der Waals surface area contributed by atoms with Crippen LogP contribution in [-0.2, 0) is 0 Å². The Morgan fingerprint density at radius 1 is 0.750 bits per heavy atom. The molecule has 0 radical (unpaired) electrons. The standard InChI is InChI=1S/C10H10N2/c11-8-5-1-3-7-4-2-6-9(12)10(7)8/h1-6H,11-12H2/p+2. The van der Waals surface area contributed by atoms with Gasteiger partial charge in [-0.05, 0) is 17.5 Å². The lowest BCUT2D eigenvalue weighted by atomic mass is 10.1. The first-order valence-electron chi connectivity index (χ1n) is 3.95. The molecule has 0 spiro atoms. The van der Waals surface area contributed by atoms with Crippen LogP contribution in [0.2, 0.25) is 0 Å². The molecule has 6 N–H and O–H groups in total. The second kappa shape index (κ2) is 2.59. The van der Waals surface area contributed by atoms with Crippen molar-refractivity contribution in [1.29, 1.82) is 0 Å². The van der Waals surface area contributed by atoms with Crippen LogP contribution in [-0.4, -0.2) is 0 Å². The van der Waals surface area contributed by atoms with Crippen LogP contribution in [0.15, 0.2) is 36.4 Å². The summed E-state index contributed by atoms with van der Waals surface area (Å²) in [4.78, 5) is 0. The Balaban J connectivity index is 2.96. The van der Waals surface area contributed by atoms with Crippen LogP contribution in [0.1, 0.15) is 0 Å². The molecule has 0 aromatic heterocycles. The lowest BCUT2D eigenvalue weighted by molar-refractivity contribution is -0.260. The summed E-state index contributed by atoms with van der Waals surface area (Å²) in [5.74, 6) is 0. The fraction of sp³-hybridized carbons (Fsp3) is 0. The molecule has 0 heterocycles. The van der Waals surface area contributed by atoms with Crippen molar-refractivity contribution in [2.45, 2.75) is 0 Å². The van der Waals surface area contributed by atoms with Crippen molar-refractivity contribution in [2.24, 2.45) is 0 Å². The molecule has 12 heavy (non-hydrogen) atoms. The summed E-state index contributed by atoms with van der Waals surface area (Å²) in [7, 11) is 0. The second-order valence-corrected chi connectivity index (χ2v) is 2.93. The average molecular weight is 160 g/mol. The summed E-state index contributed by atoms with van der Waals surface area (Å²) >= 11 is 0. The molecule has 0 saturated heterocycles. The van der Waals surface area contributed by atoms with Gasteiger partial charge in [-0.1, -0.05) is 24.3 Å². The van der Waals surface area contributed by atoms with Gasteiger partial charge in [0, 0.05) is 0 Å². The van der Waals surface area contributed by atoms with Gasteiger partial charge in [0.15, 0.2) is 0 Å². The molecule has 0 unspecified atom stereocenters. The maximum atomic E-state index is 3.97. The van der Waals surface area contributed by atoms with Crippen LogP contribution < -0.4 is 11.5 Å². The van der Waals surface area contributed by atoms with Crippen molar-refractivity contribution in [3.63, 3.8) is 0 Å². The molecule has 0 aliphatic heterocycles. The molecule has 0 aliphatic rings. The molecule has 2 nitrogen and oxygen atoms in total. The van der Waals surface area contributed by atoms with Gasteiger partial charge in [0.05, 0.1) is 0 Å². The third-order valence-electron chi connectivity index (χ3n) is 2.08. The van der Waals surface area contributed by atoms with Crippen molar-refractivity contribution in [2.75, 3.05) is 0 Å². The van der Waals surface area contributed by atoms with Gasteiger partial charge in [-0.2, -0.15) is 0 Å². The molecule has 0 amide bonds. The Kier molecular flexibility index (Phi) is 1.57. The minimum absolute atomic E-state index is 1.05. The zero-order valence-corrected chi connectivity index (χ0v) is 6.88. The summed E-state index contributed by atoms with van der Waals surface area (Å²) in [6.07, 6.45) is 0. The minimum Gasteiger partial charge on any atom is -0.324 e. The van der Waals surface area contributed by atoms with E-state index in [9.17, 15) is 0 Å². The zero-order chi connectivity index (χ0) is 8.55. The van der Waals surface area contributed by atoms with E-state index in [1.165, 1.54) is 10.8 Å². The smallest absolute Gasteiger partial charge is 0.141 e. The monoisotopic (exact) mass is 160 g/mol. The molecule has 0 aliphatic carbocycles. The SMILES string of the molecule is [NH3+]c1cccc2cccc([NH3+])c12. The predicted octanol–water partition coefficient (Wildman–Crippen LogP) is 0.587. The third kappa shape index (κ3) is 0.978. The van der Waals surface area contributed by atoms with Crippen LogP contribution in [0.25, 0.3) is 10.8 Å². The number of quaternary nitrogens is 2. The highest BCUT2D eigenvalue weighted by Crippen LogP contribution is 2.23. The topological polar surface area (TPSA) is 55.3 Å². The molecule has 2 heteroatoms. The van der Waals surface area contributed by atoms with Crippen LogP contribution >= 0.6 is 0 Å². The molecule has 2 aromatic carbocycles. The third-order valence-corrected chi connectivity index (χ3v) is 2.08. The summed E-state index contributed by atoms with van der Waals surface area (Å²) in [5.41, 5.74) is 10.0. The fourth-order valence-electron chi connectivity index (χ4n) is 1.50. The van der Waals surface area contributed by atoms with Crippen LogP contribution in [0.5, 0.6) is 0 Å². The fourth-order valence-corrected chi connectivity index (χ4v) is 1.50. The molecule has 0 atom stereocenters. The van der Waals surface area contributed by atoms with Crippen LogP contribution in [0.4, 0.5) is 11.4 Å². The Hall–Kier alpha value is -1.38. The Morgan fingerprint density at radius 3 is 1.67 bits per heavy atom. The Morgan fingerprint density at radius 2 is 1.25 bits per heavy atom. The number of hydrogen-bond donors (Lipinski definition) is 2. The molecule has 2 rings (SSSR count). The van der Waals surface area contributed by atoms with E-state index in [0.717, 1.165) is 11.4 Å². The van der Waals surface area contributed by atoms with Crippen molar-refractivity contribution < 1.29 is 11.5 Å². The Bertz CT molecular complexity index is 384. The van der Waals surface area contributed by atoms with E-state index in [2.05, 4.69) is 23.6 Å². The predicted molar refractivity (Wildman–Crippen MR) is 49.0 cm³/mol. The Labute approximate surface area is 70.8 Å². The molecule has 60 valence electrons. The molecular weight excluding hydrogens is 148 g/mol. The van der Waals surface area contributed by atoms with E-state index in [1.807, 2.05) is 24.3 Å². The quantitative estimate of drug-likeness (QED) is 0.566. The van der Waals surface area contributed by atoms with Crippen molar-refractivity contribution in [3.05, 3.63) is 36.4 Å². The van der Waals surface area contributed by atoms with Crippen LogP contribution in [0.3, 0.4) is 0 Å². The zero-order valence-electron chi connectivity index (χ0n) is 6.88. The first-order chi connectivity index (χ1) is 5.79. The van der Waals surface area contributed by atoms with Gasteiger partial charge in [0.2, 0.25) is 0 Å².